The summed E-state index contributed by atoms with van der Waals surface area (Å²) in [7, 11) is 1.74. The molecule has 0 atom stereocenters. The van der Waals surface area contributed by atoms with E-state index in [1.165, 1.54) is 4.90 Å². The maximum atomic E-state index is 12.4. The lowest BCUT2D eigenvalue weighted by Gasteiger charge is -2.30. The summed E-state index contributed by atoms with van der Waals surface area (Å²) in [5.74, 6) is 0.149. The zero-order valence-electron chi connectivity index (χ0n) is 15.2. The monoisotopic (exact) mass is 346 g/mol. The molecule has 0 fully saturated rings. The molecule has 0 saturated heterocycles. The Morgan fingerprint density at radius 1 is 1.24 bits per heavy atom. The number of anilines is 1. The van der Waals surface area contributed by atoms with Crippen LogP contribution in [0.2, 0.25) is 0 Å². The van der Waals surface area contributed by atoms with Crippen molar-refractivity contribution in [2.45, 2.75) is 39.5 Å². The lowest BCUT2D eigenvalue weighted by Crippen LogP contribution is -2.45. The molecular weight excluding hydrogens is 320 g/mol. The van der Waals surface area contributed by atoms with Crippen molar-refractivity contribution in [3.8, 4) is 5.75 Å². The molecule has 1 aliphatic heterocycles. The van der Waals surface area contributed by atoms with E-state index in [4.69, 9.17) is 4.74 Å². The Bertz CT molecular complexity index is 657. The number of unbranched alkanes of at least 4 members (excludes halogenated alkanes) is 1. The van der Waals surface area contributed by atoms with E-state index < -0.39 is 0 Å². The second kappa shape index (κ2) is 8.65. The van der Waals surface area contributed by atoms with E-state index >= 15 is 0 Å². The van der Waals surface area contributed by atoms with Crippen LogP contribution in [0, 0.1) is 0 Å². The van der Waals surface area contributed by atoms with Crippen molar-refractivity contribution >= 4 is 23.3 Å². The van der Waals surface area contributed by atoms with Crippen molar-refractivity contribution in [3.05, 3.63) is 23.8 Å². The molecule has 2 rings (SSSR count). The predicted molar refractivity (Wildman–Crippen MR) is 96.1 cm³/mol. The molecule has 0 unspecified atom stereocenters. The van der Waals surface area contributed by atoms with E-state index in [0.29, 0.717) is 30.0 Å². The Balaban J connectivity index is 2.22. The molecule has 0 aromatic heterocycles. The fourth-order valence-electron chi connectivity index (χ4n) is 2.70. The van der Waals surface area contributed by atoms with Crippen molar-refractivity contribution in [3.63, 3.8) is 0 Å². The summed E-state index contributed by atoms with van der Waals surface area (Å²) >= 11 is 0. The predicted octanol–water partition coefficient (Wildman–Crippen LogP) is 2.65. The zero-order valence-corrected chi connectivity index (χ0v) is 15.2. The number of hydrogen-bond donors (Lipinski definition) is 0. The molecule has 0 N–H and O–H groups in total. The summed E-state index contributed by atoms with van der Waals surface area (Å²) in [5, 5.41) is 0. The van der Waals surface area contributed by atoms with Crippen LogP contribution in [0.4, 0.5) is 5.69 Å². The lowest BCUT2D eigenvalue weighted by atomic mass is 10.0. The smallest absolute Gasteiger partial charge is 0.265 e. The van der Waals surface area contributed by atoms with Gasteiger partial charge in [0.1, 0.15) is 12.3 Å². The van der Waals surface area contributed by atoms with Gasteiger partial charge in [-0.1, -0.05) is 20.3 Å². The quantitative estimate of drug-likeness (QED) is 0.679. The van der Waals surface area contributed by atoms with Gasteiger partial charge in [0.05, 0.1) is 5.69 Å². The molecule has 6 heteroatoms. The normalized spacial score (nSPS) is 13.2. The molecule has 136 valence electrons. The van der Waals surface area contributed by atoms with E-state index in [1.54, 1.807) is 30.1 Å². The molecule has 0 saturated carbocycles. The Kier molecular flexibility index (Phi) is 6.56. The van der Waals surface area contributed by atoms with Crippen LogP contribution in [0.5, 0.6) is 5.75 Å². The molecule has 25 heavy (non-hydrogen) atoms. The van der Waals surface area contributed by atoms with Gasteiger partial charge in [-0.2, -0.15) is 0 Å². The number of hydrogen-bond acceptors (Lipinski definition) is 4. The maximum absolute atomic E-state index is 12.4. The van der Waals surface area contributed by atoms with Crippen molar-refractivity contribution in [2.75, 3.05) is 31.6 Å². The SMILES string of the molecule is CCCCN(C)C(=O)CN1C(=O)COc2ccc(C(=O)CCC)cc21. The summed E-state index contributed by atoms with van der Waals surface area (Å²) in [6.07, 6.45) is 3.13. The minimum Gasteiger partial charge on any atom is -0.482 e. The fourth-order valence-corrected chi connectivity index (χ4v) is 2.70. The van der Waals surface area contributed by atoms with Crippen molar-refractivity contribution in [2.24, 2.45) is 0 Å². The third-order valence-corrected chi connectivity index (χ3v) is 4.27. The standard InChI is InChI=1S/C19H26N2O4/c1-4-6-10-20(3)18(23)12-21-15-11-14(16(22)7-5-2)8-9-17(15)25-13-19(21)24/h8-9,11H,4-7,10,12-13H2,1-3H3. The van der Waals surface area contributed by atoms with E-state index in [2.05, 4.69) is 6.92 Å². The molecule has 2 amide bonds. The highest BCUT2D eigenvalue weighted by Gasteiger charge is 2.29. The van der Waals surface area contributed by atoms with Crippen LogP contribution >= 0.6 is 0 Å². The van der Waals surface area contributed by atoms with Crippen molar-refractivity contribution in [1.29, 1.82) is 0 Å². The molecule has 0 radical (unpaired) electrons. The molecule has 0 spiro atoms. The highest BCUT2D eigenvalue weighted by atomic mass is 16.5. The number of benzene rings is 1. The Morgan fingerprint density at radius 2 is 2.00 bits per heavy atom. The summed E-state index contributed by atoms with van der Waals surface area (Å²) in [6.45, 7) is 4.53. The van der Waals surface area contributed by atoms with Gasteiger partial charge >= 0.3 is 0 Å². The van der Waals surface area contributed by atoms with Gasteiger partial charge < -0.3 is 9.64 Å². The fraction of sp³-hybridized carbons (Fsp3) is 0.526. The number of nitrogens with zero attached hydrogens (tertiary/aromatic N) is 2. The number of likely N-dealkylation sites (N-methyl/N-ethyl adjacent to an activating group) is 1. The number of amides is 2. The van der Waals surface area contributed by atoms with Crippen LogP contribution in [0.3, 0.4) is 0 Å². The van der Waals surface area contributed by atoms with Crippen LogP contribution in [0.25, 0.3) is 0 Å². The van der Waals surface area contributed by atoms with Crippen LogP contribution in [0.1, 0.15) is 49.9 Å². The summed E-state index contributed by atoms with van der Waals surface area (Å²) < 4.78 is 5.44. The molecule has 1 aliphatic rings. The van der Waals surface area contributed by atoms with Crippen molar-refractivity contribution in [1.82, 2.24) is 4.90 Å². The molecule has 1 aromatic rings. The van der Waals surface area contributed by atoms with Crippen molar-refractivity contribution < 1.29 is 19.1 Å². The van der Waals surface area contributed by atoms with E-state index in [-0.39, 0.29) is 30.7 Å². The number of Topliss-reactive ketones (excluding diaryl/α,β-unsaturated/α-hetero) is 1. The van der Waals surface area contributed by atoms with Crippen LogP contribution in [-0.4, -0.2) is 49.2 Å². The van der Waals surface area contributed by atoms with E-state index in [9.17, 15) is 14.4 Å². The summed E-state index contributed by atoms with van der Waals surface area (Å²) in [5.41, 5.74) is 1.03. The minimum atomic E-state index is -0.273. The van der Waals surface area contributed by atoms with Gasteiger partial charge in [0, 0.05) is 25.6 Å². The Hall–Kier alpha value is -2.37. The first-order chi connectivity index (χ1) is 12.0. The molecule has 1 heterocycles. The third-order valence-electron chi connectivity index (χ3n) is 4.27. The Morgan fingerprint density at radius 3 is 2.68 bits per heavy atom. The first-order valence-corrected chi connectivity index (χ1v) is 8.82. The summed E-state index contributed by atoms with van der Waals surface area (Å²) in [4.78, 5) is 39.9. The highest BCUT2D eigenvalue weighted by Crippen LogP contribution is 2.33. The zero-order chi connectivity index (χ0) is 18.4. The summed E-state index contributed by atoms with van der Waals surface area (Å²) in [6, 6.07) is 5.06. The molecule has 0 bridgehead atoms. The molecular formula is C19H26N2O4. The number of ether oxygens (including phenoxy) is 1. The first-order valence-electron chi connectivity index (χ1n) is 8.82. The van der Waals surface area contributed by atoms with Crippen LogP contribution < -0.4 is 9.64 Å². The maximum Gasteiger partial charge on any atom is 0.265 e. The van der Waals surface area contributed by atoms with E-state index in [0.717, 1.165) is 19.3 Å². The van der Waals surface area contributed by atoms with Gasteiger partial charge in [-0.15, -0.1) is 0 Å². The number of fused-ring (bicyclic) bond motifs is 1. The first kappa shape index (κ1) is 19.0. The molecule has 0 aliphatic carbocycles. The third kappa shape index (κ3) is 4.59. The Labute approximate surface area is 148 Å². The highest BCUT2D eigenvalue weighted by molar-refractivity contribution is 6.04. The minimum absolute atomic E-state index is 0.0228. The largest absolute Gasteiger partial charge is 0.482 e. The number of rotatable bonds is 8. The van der Waals surface area contributed by atoms with Crippen LogP contribution in [0.15, 0.2) is 18.2 Å². The van der Waals surface area contributed by atoms with Gasteiger partial charge in [0.2, 0.25) is 5.91 Å². The van der Waals surface area contributed by atoms with Crippen LogP contribution in [-0.2, 0) is 9.59 Å². The van der Waals surface area contributed by atoms with Gasteiger partial charge in [-0.25, -0.2) is 0 Å². The van der Waals surface area contributed by atoms with Gasteiger partial charge in [0.25, 0.3) is 5.91 Å². The molecule has 6 nitrogen and oxygen atoms in total. The second-order valence-corrected chi connectivity index (χ2v) is 6.29. The van der Waals surface area contributed by atoms with Gasteiger partial charge in [-0.3, -0.25) is 19.3 Å². The van der Waals surface area contributed by atoms with E-state index in [1.807, 2.05) is 6.92 Å². The lowest BCUT2D eigenvalue weighted by molar-refractivity contribution is -0.131. The number of ketones is 1. The molecule has 1 aromatic carbocycles. The second-order valence-electron chi connectivity index (χ2n) is 6.29. The average molecular weight is 346 g/mol. The van der Waals surface area contributed by atoms with Gasteiger partial charge in [-0.05, 0) is 31.0 Å². The topological polar surface area (TPSA) is 66.9 Å². The average Bonchev–Trinajstić information content (AvgIpc) is 2.61. The number of carbonyl (C=O) groups excluding carboxylic acids is 3. The number of carbonyl (C=O) groups is 3. The van der Waals surface area contributed by atoms with Gasteiger partial charge in [0.15, 0.2) is 12.4 Å².